The lowest BCUT2D eigenvalue weighted by Crippen LogP contribution is -2.36. The summed E-state index contributed by atoms with van der Waals surface area (Å²) < 4.78 is 0. The summed E-state index contributed by atoms with van der Waals surface area (Å²) in [6, 6.07) is 18.4. The summed E-state index contributed by atoms with van der Waals surface area (Å²) in [4.78, 5) is 14.7. The van der Waals surface area contributed by atoms with Gasteiger partial charge < -0.3 is 4.90 Å². The van der Waals surface area contributed by atoms with Gasteiger partial charge in [-0.15, -0.1) is 10.2 Å². The minimum absolute atomic E-state index is 0.123. The molecular weight excluding hydrogens is 366 g/mol. The maximum Gasteiger partial charge on any atom is 0.237 e. The Morgan fingerprint density at radius 1 is 1.07 bits per heavy atom. The molecule has 0 saturated heterocycles. The maximum absolute atomic E-state index is 12.8. The number of carbonyl (C=O) groups is 1. The van der Waals surface area contributed by atoms with Crippen molar-refractivity contribution < 1.29 is 4.79 Å². The van der Waals surface area contributed by atoms with Gasteiger partial charge in [-0.3, -0.25) is 4.79 Å². The number of hydrogen-bond acceptors (Lipinski definition) is 4. The largest absolute Gasteiger partial charge is 0.311 e. The van der Waals surface area contributed by atoms with Crippen LogP contribution in [-0.4, -0.2) is 28.4 Å². The van der Waals surface area contributed by atoms with Gasteiger partial charge in [-0.1, -0.05) is 53.7 Å². The van der Waals surface area contributed by atoms with Crippen LogP contribution >= 0.6 is 11.8 Å². The first-order valence-corrected chi connectivity index (χ1v) is 10.5. The second-order valence-electron chi connectivity index (χ2n) is 7.14. The van der Waals surface area contributed by atoms with E-state index in [0.717, 1.165) is 41.4 Å². The third kappa shape index (κ3) is 3.94. The summed E-state index contributed by atoms with van der Waals surface area (Å²) in [6.07, 6.45) is 2.05. The van der Waals surface area contributed by atoms with Crippen LogP contribution in [-0.2, 0) is 11.2 Å². The number of anilines is 1. The van der Waals surface area contributed by atoms with E-state index in [1.54, 1.807) is 0 Å². The van der Waals surface area contributed by atoms with Crippen LogP contribution < -0.4 is 4.90 Å². The Kier molecular flexibility index (Phi) is 5.44. The van der Waals surface area contributed by atoms with Crippen LogP contribution in [0.2, 0.25) is 0 Å². The van der Waals surface area contributed by atoms with Crippen molar-refractivity contribution in [1.29, 1.82) is 0 Å². The van der Waals surface area contributed by atoms with Gasteiger partial charge in [0, 0.05) is 17.8 Å². The number of para-hydroxylation sites is 1. The Hall–Kier alpha value is -2.66. The van der Waals surface area contributed by atoms with Crippen molar-refractivity contribution >= 4 is 23.4 Å². The highest BCUT2D eigenvalue weighted by molar-refractivity contribution is 7.99. The molecule has 1 aliphatic heterocycles. The van der Waals surface area contributed by atoms with Crippen molar-refractivity contribution in [2.24, 2.45) is 0 Å². The van der Waals surface area contributed by atoms with Gasteiger partial charge in [-0.05, 0) is 56.0 Å². The van der Waals surface area contributed by atoms with E-state index in [1.807, 2.05) is 35.2 Å². The topological polar surface area (TPSA) is 46.1 Å². The first-order valence-electron chi connectivity index (χ1n) is 9.54. The Morgan fingerprint density at radius 2 is 1.93 bits per heavy atom. The lowest BCUT2D eigenvalue weighted by molar-refractivity contribution is -0.116. The monoisotopic (exact) mass is 389 g/mol. The molecule has 2 aromatic carbocycles. The van der Waals surface area contributed by atoms with Crippen LogP contribution in [0.25, 0.3) is 11.3 Å². The average Bonchev–Trinajstić information content (AvgIpc) is 2.72. The maximum atomic E-state index is 12.8. The van der Waals surface area contributed by atoms with Crippen molar-refractivity contribution in [3.8, 4) is 11.3 Å². The third-order valence-corrected chi connectivity index (χ3v) is 5.96. The molecule has 1 aromatic heterocycles. The number of aromatic nitrogens is 2. The van der Waals surface area contributed by atoms with Gasteiger partial charge in [0.1, 0.15) is 5.03 Å². The highest BCUT2D eigenvalue weighted by atomic mass is 32.2. The molecule has 0 fully saturated rings. The molecule has 0 N–H and O–H groups in total. The number of rotatable bonds is 4. The average molecular weight is 390 g/mol. The molecule has 0 atom stereocenters. The van der Waals surface area contributed by atoms with E-state index < -0.39 is 0 Å². The lowest BCUT2D eigenvalue weighted by atomic mass is 10.0. The summed E-state index contributed by atoms with van der Waals surface area (Å²) in [7, 11) is 0. The third-order valence-electron chi connectivity index (χ3n) is 5.05. The minimum atomic E-state index is 0.123. The molecule has 4 rings (SSSR count). The number of thioether (sulfide) groups is 1. The second kappa shape index (κ2) is 8.15. The summed E-state index contributed by atoms with van der Waals surface area (Å²) in [5.41, 5.74) is 6.68. The first kappa shape index (κ1) is 18.7. The molecule has 0 saturated carbocycles. The number of fused-ring (bicyclic) bond motifs is 1. The molecule has 3 aromatic rings. The zero-order valence-corrected chi connectivity index (χ0v) is 17.0. The van der Waals surface area contributed by atoms with Gasteiger partial charge in [0.2, 0.25) is 5.91 Å². The Morgan fingerprint density at radius 3 is 2.71 bits per heavy atom. The first-order chi connectivity index (χ1) is 13.6. The summed E-state index contributed by atoms with van der Waals surface area (Å²) in [6.45, 7) is 4.95. The van der Waals surface area contributed by atoms with E-state index in [4.69, 9.17) is 0 Å². The number of aryl methyl sites for hydroxylation is 3. The molecule has 4 nitrogen and oxygen atoms in total. The molecule has 0 aliphatic carbocycles. The van der Waals surface area contributed by atoms with E-state index in [9.17, 15) is 4.79 Å². The van der Waals surface area contributed by atoms with E-state index in [1.165, 1.54) is 28.5 Å². The molecule has 0 bridgehead atoms. The van der Waals surface area contributed by atoms with Crippen LogP contribution in [0, 0.1) is 13.8 Å². The predicted octanol–water partition coefficient (Wildman–Crippen LogP) is 4.83. The van der Waals surface area contributed by atoms with Crippen LogP contribution in [0.4, 0.5) is 5.69 Å². The molecule has 28 heavy (non-hydrogen) atoms. The van der Waals surface area contributed by atoms with Crippen LogP contribution in [0.1, 0.15) is 23.1 Å². The van der Waals surface area contributed by atoms with Crippen molar-refractivity contribution in [3.05, 3.63) is 71.3 Å². The van der Waals surface area contributed by atoms with E-state index in [-0.39, 0.29) is 5.91 Å². The molecule has 2 heterocycles. The Labute approximate surface area is 170 Å². The summed E-state index contributed by atoms with van der Waals surface area (Å²) >= 11 is 1.44. The molecule has 142 valence electrons. The fraction of sp³-hybridized carbons (Fsp3) is 0.261. The van der Waals surface area contributed by atoms with Crippen LogP contribution in [0.15, 0.2) is 59.6 Å². The fourth-order valence-corrected chi connectivity index (χ4v) is 4.34. The van der Waals surface area contributed by atoms with Gasteiger partial charge in [0.25, 0.3) is 0 Å². The Balaban J connectivity index is 1.42. The molecule has 0 spiro atoms. The van der Waals surface area contributed by atoms with Crippen LogP contribution in [0.5, 0.6) is 0 Å². The van der Waals surface area contributed by atoms with Gasteiger partial charge >= 0.3 is 0 Å². The van der Waals surface area contributed by atoms with E-state index >= 15 is 0 Å². The van der Waals surface area contributed by atoms with Gasteiger partial charge in [-0.25, -0.2) is 0 Å². The van der Waals surface area contributed by atoms with Gasteiger partial charge in [0.05, 0.1) is 11.4 Å². The SMILES string of the molecule is Cc1ccc(-c2ccc(SCC(=O)N3CCCc4ccccc43)nn2)c(C)c1. The normalized spacial score (nSPS) is 13.3. The molecule has 0 unspecified atom stereocenters. The number of benzene rings is 2. The molecule has 5 heteroatoms. The summed E-state index contributed by atoms with van der Waals surface area (Å²) in [5.74, 6) is 0.490. The number of carbonyl (C=O) groups excluding carboxylic acids is 1. The van der Waals surface area contributed by atoms with Crippen molar-refractivity contribution in [3.63, 3.8) is 0 Å². The number of nitrogens with zero attached hydrogens (tertiary/aromatic N) is 3. The quantitative estimate of drug-likeness (QED) is 0.600. The number of amides is 1. The standard InChI is InChI=1S/C23H23N3OS/c1-16-9-10-19(17(2)14-16)20-11-12-22(25-24-20)28-15-23(27)26-13-5-7-18-6-3-4-8-21(18)26/h3-4,6,8-12,14H,5,7,13,15H2,1-2H3. The Bertz CT molecular complexity index is 1000. The number of hydrogen-bond donors (Lipinski definition) is 0. The predicted molar refractivity (Wildman–Crippen MR) is 115 cm³/mol. The van der Waals surface area contributed by atoms with Crippen LogP contribution in [0.3, 0.4) is 0 Å². The molecule has 0 radical (unpaired) electrons. The summed E-state index contributed by atoms with van der Waals surface area (Å²) in [5, 5.41) is 9.46. The van der Waals surface area contributed by atoms with E-state index in [2.05, 4.69) is 48.3 Å². The highest BCUT2D eigenvalue weighted by Gasteiger charge is 2.22. The highest BCUT2D eigenvalue weighted by Crippen LogP contribution is 2.28. The molecule has 1 amide bonds. The van der Waals surface area contributed by atoms with Crippen molar-refractivity contribution in [1.82, 2.24) is 10.2 Å². The molecule has 1 aliphatic rings. The van der Waals surface area contributed by atoms with Crippen molar-refractivity contribution in [2.45, 2.75) is 31.7 Å². The van der Waals surface area contributed by atoms with Crippen molar-refractivity contribution in [2.75, 3.05) is 17.2 Å². The minimum Gasteiger partial charge on any atom is -0.311 e. The fourth-order valence-electron chi connectivity index (χ4n) is 3.65. The van der Waals surface area contributed by atoms with E-state index in [0.29, 0.717) is 5.75 Å². The zero-order chi connectivity index (χ0) is 19.5. The zero-order valence-electron chi connectivity index (χ0n) is 16.2. The second-order valence-corrected chi connectivity index (χ2v) is 8.14. The van der Waals surface area contributed by atoms with Gasteiger partial charge in [0.15, 0.2) is 0 Å². The van der Waals surface area contributed by atoms with Gasteiger partial charge in [-0.2, -0.15) is 0 Å². The molecular formula is C23H23N3OS. The smallest absolute Gasteiger partial charge is 0.237 e. The lowest BCUT2D eigenvalue weighted by Gasteiger charge is -2.29.